The van der Waals surface area contributed by atoms with E-state index in [4.69, 9.17) is 0 Å². The number of fused-ring (bicyclic) bond motifs is 4. The molecular weight excluding hydrogens is 591 g/mol. The summed E-state index contributed by atoms with van der Waals surface area (Å²) < 4.78 is 0. The smallest absolute Gasteiger partial charge is 0.0464 e. The van der Waals surface area contributed by atoms with Gasteiger partial charge in [-0.25, -0.2) is 0 Å². The van der Waals surface area contributed by atoms with Gasteiger partial charge in [-0.15, -0.1) is 0 Å². The van der Waals surface area contributed by atoms with Crippen molar-refractivity contribution in [3.63, 3.8) is 0 Å². The SMILES string of the molecule is CC1(C)CCC(C)(C)c2cc(N(c3ccccc3)c3ccc(-c4cccc5c4-c4ccccc4C54C5CC6CC(C5)CC4C6)cc3)ccc21. The highest BCUT2D eigenvalue weighted by atomic mass is 15.1. The molecule has 6 aliphatic rings. The van der Waals surface area contributed by atoms with Crippen molar-refractivity contribution in [2.45, 2.75) is 88.9 Å². The summed E-state index contributed by atoms with van der Waals surface area (Å²) in [7, 11) is 0. The molecule has 49 heavy (non-hydrogen) atoms. The lowest BCUT2D eigenvalue weighted by atomic mass is 9.43. The van der Waals surface area contributed by atoms with E-state index in [0.29, 0.717) is 0 Å². The summed E-state index contributed by atoms with van der Waals surface area (Å²) in [5, 5.41) is 0. The van der Waals surface area contributed by atoms with Crippen molar-refractivity contribution < 1.29 is 0 Å². The summed E-state index contributed by atoms with van der Waals surface area (Å²) >= 11 is 0. The Bertz CT molecular complexity index is 2050. The molecule has 6 aliphatic carbocycles. The highest BCUT2D eigenvalue weighted by Crippen LogP contribution is 2.70. The van der Waals surface area contributed by atoms with E-state index in [1.165, 1.54) is 95.4 Å². The van der Waals surface area contributed by atoms with Crippen molar-refractivity contribution in [1.82, 2.24) is 0 Å². The summed E-state index contributed by atoms with van der Waals surface area (Å²) in [6.07, 6.45) is 9.63. The number of para-hydroxylation sites is 1. The van der Waals surface area contributed by atoms with Crippen LogP contribution in [-0.4, -0.2) is 0 Å². The number of rotatable bonds is 4. The third-order valence-corrected chi connectivity index (χ3v) is 14.1. The van der Waals surface area contributed by atoms with Crippen LogP contribution < -0.4 is 4.90 Å². The molecule has 0 atom stereocenters. The Labute approximate surface area is 293 Å². The van der Waals surface area contributed by atoms with Crippen molar-refractivity contribution in [2.24, 2.45) is 23.7 Å². The molecule has 1 spiro atoms. The topological polar surface area (TPSA) is 3.24 Å². The van der Waals surface area contributed by atoms with Crippen molar-refractivity contribution in [3.05, 3.63) is 138 Å². The zero-order chi connectivity index (χ0) is 33.1. The monoisotopic (exact) mass is 639 g/mol. The minimum atomic E-state index is 0.158. The lowest BCUT2D eigenvalue weighted by Crippen LogP contribution is -2.55. The molecule has 5 aromatic carbocycles. The molecule has 0 amide bonds. The zero-order valence-corrected chi connectivity index (χ0v) is 29.7. The molecule has 4 saturated carbocycles. The van der Waals surface area contributed by atoms with E-state index in [0.717, 1.165) is 23.7 Å². The fourth-order valence-electron chi connectivity index (χ4n) is 12.0. The Kier molecular flexibility index (Phi) is 6.36. The van der Waals surface area contributed by atoms with E-state index < -0.39 is 0 Å². The van der Waals surface area contributed by atoms with Crippen LogP contribution in [0.3, 0.4) is 0 Å². The summed E-state index contributed by atoms with van der Waals surface area (Å²) in [6.45, 7) is 9.68. The molecule has 4 fully saturated rings. The van der Waals surface area contributed by atoms with Gasteiger partial charge in [-0.3, -0.25) is 0 Å². The minimum absolute atomic E-state index is 0.158. The van der Waals surface area contributed by atoms with Gasteiger partial charge in [0.2, 0.25) is 0 Å². The van der Waals surface area contributed by atoms with E-state index in [9.17, 15) is 0 Å². The van der Waals surface area contributed by atoms with Crippen LogP contribution in [0.4, 0.5) is 17.1 Å². The molecule has 0 saturated heterocycles. The predicted molar refractivity (Wildman–Crippen MR) is 205 cm³/mol. The van der Waals surface area contributed by atoms with Gasteiger partial charge < -0.3 is 4.90 Å². The maximum Gasteiger partial charge on any atom is 0.0464 e. The number of hydrogen-bond donors (Lipinski definition) is 0. The van der Waals surface area contributed by atoms with Gasteiger partial charge in [-0.2, -0.15) is 0 Å². The first-order valence-corrected chi connectivity index (χ1v) is 19.1. The van der Waals surface area contributed by atoms with E-state index in [1.54, 1.807) is 11.1 Å². The van der Waals surface area contributed by atoms with Gasteiger partial charge in [0.15, 0.2) is 0 Å². The van der Waals surface area contributed by atoms with Gasteiger partial charge >= 0.3 is 0 Å². The van der Waals surface area contributed by atoms with Gasteiger partial charge in [0, 0.05) is 22.5 Å². The molecule has 0 aliphatic heterocycles. The Hall–Kier alpha value is -4.10. The first-order chi connectivity index (χ1) is 23.7. The third kappa shape index (κ3) is 4.24. The first-order valence-electron chi connectivity index (χ1n) is 19.1. The van der Waals surface area contributed by atoms with Gasteiger partial charge in [0.25, 0.3) is 0 Å². The maximum absolute atomic E-state index is 2.52. The van der Waals surface area contributed by atoms with Crippen LogP contribution >= 0.6 is 0 Å². The molecule has 246 valence electrons. The number of benzene rings is 5. The van der Waals surface area contributed by atoms with Crippen molar-refractivity contribution in [1.29, 1.82) is 0 Å². The highest BCUT2D eigenvalue weighted by molar-refractivity contribution is 5.93. The largest absolute Gasteiger partial charge is 0.310 e. The third-order valence-electron chi connectivity index (χ3n) is 14.1. The standard InChI is InChI=1S/C48H49N/c1-46(2)23-24-47(3,4)44-30-38(21-22-42(44)46)49(36-11-6-5-7-12-36)37-19-17-33(18-20-37)39-14-10-16-43-45(39)40-13-8-9-15-41(40)48(43)34-26-31-25-32(28-34)29-35(48)27-31/h5-22,30-32,34-35H,23-29H2,1-4H3. The summed E-state index contributed by atoms with van der Waals surface area (Å²) in [5.74, 6) is 3.49. The predicted octanol–water partition coefficient (Wildman–Crippen LogP) is 12.9. The van der Waals surface area contributed by atoms with E-state index >= 15 is 0 Å². The Morgan fingerprint density at radius 2 is 1.04 bits per heavy atom. The van der Waals surface area contributed by atoms with E-state index in [1.807, 2.05) is 0 Å². The van der Waals surface area contributed by atoms with Crippen LogP contribution in [0.15, 0.2) is 115 Å². The van der Waals surface area contributed by atoms with Crippen LogP contribution in [0.5, 0.6) is 0 Å². The highest BCUT2D eigenvalue weighted by Gasteiger charge is 2.61. The molecule has 0 radical (unpaired) electrons. The number of anilines is 3. The minimum Gasteiger partial charge on any atom is -0.310 e. The van der Waals surface area contributed by atoms with E-state index in [2.05, 4.69) is 148 Å². The van der Waals surface area contributed by atoms with Crippen LogP contribution in [0.1, 0.15) is 94.9 Å². The van der Waals surface area contributed by atoms with Crippen molar-refractivity contribution >= 4 is 17.1 Å². The lowest BCUT2D eigenvalue weighted by Gasteiger charge is -2.61. The second-order valence-electron chi connectivity index (χ2n) is 17.7. The fourth-order valence-corrected chi connectivity index (χ4v) is 12.0. The van der Waals surface area contributed by atoms with Gasteiger partial charge in [-0.05, 0) is 160 Å². The van der Waals surface area contributed by atoms with Gasteiger partial charge in [0.1, 0.15) is 0 Å². The van der Waals surface area contributed by atoms with E-state index in [-0.39, 0.29) is 16.2 Å². The molecule has 0 heterocycles. The Morgan fingerprint density at radius 1 is 0.469 bits per heavy atom. The second kappa shape index (κ2) is 10.5. The molecule has 1 nitrogen and oxygen atoms in total. The quantitative estimate of drug-likeness (QED) is 0.189. The average Bonchev–Trinajstić information content (AvgIpc) is 3.41. The molecule has 0 N–H and O–H groups in total. The van der Waals surface area contributed by atoms with Crippen LogP contribution in [-0.2, 0) is 16.2 Å². The molecule has 11 rings (SSSR count). The fraction of sp³-hybridized carbons (Fsp3) is 0.375. The molecule has 0 unspecified atom stereocenters. The normalized spacial score (nSPS) is 27.8. The number of hydrogen-bond acceptors (Lipinski definition) is 1. The van der Waals surface area contributed by atoms with Crippen LogP contribution in [0, 0.1) is 23.7 Å². The van der Waals surface area contributed by atoms with Crippen LogP contribution in [0.25, 0.3) is 22.3 Å². The Balaban J connectivity index is 1.09. The van der Waals surface area contributed by atoms with Crippen molar-refractivity contribution in [3.8, 4) is 22.3 Å². The average molecular weight is 640 g/mol. The van der Waals surface area contributed by atoms with Crippen molar-refractivity contribution in [2.75, 3.05) is 4.90 Å². The zero-order valence-electron chi connectivity index (χ0n) is 29.7. The van der Waals surface area contributed by atoms with Gasteiger partial charge in [0.05, 0.1) is 0 Å². The number of nitrogens with zero attached hydrogens (tertiary/aromatic N) is 1. The molecular formula is C48H49N. The molecule has 1 heteroatoms. The first kappa shape index (κ1) is 29.8. The summed E-state index contributed by atoms with van der Waals surface area (Å²) in [6, 6.07) is 44.5. The molecule has 5 aromatic rings. The van der Waals surface area contributed by atoms with Crippen LogP contribution in [0.2, 0.25) is 0 Å². The molecule has 0 aromatic heterocycles. The van der Waals surface area contributed by atoms with Gasteiger partial charge in [-0.1, -0.05) is 107 Å². The lowest BCUT2D eigenvalue weighted by molar-refractivity contribution is -0.0399. The maximum atomic E-state index is 2.52. The molecule has 4 bridgehead atoms. The Morgan fingerprint density at radius 3 is 1.76 bits per heavy atom. The summed E-state index contributed by atoms with van der Waals surface area (Å²) in [4.78, 5) is 2.45. The summed E-state index contributed by atoms with van der Waals surface area (Å²) in [5.41, 5.74) is 16.2. The second-order valence-corrected chi connectivity index (χ2v) is 17.7.